The molecule has 2 heterocycles. The van der Waals surface area contributed by atoms with E-state index in [-0.39, 0.29) is 12.8 Å². The molecular weight excluding hydrogens is 396 g/mol. The number of rotatable bonds is 6. The van der Waals surface area contributed by atoms with E-state index in [4.69, 9.17) is 30.5 Å². The van der Waals surface area contributed by atoms with Crippen molar-refractivity contribution in [2.75, 3.05) is 33.1 Å². The first kappa shape index (κ1) is 19.5. The second-order valence-corrected chi connectivity index (χ2v) is 7.19. The Balaban J connectivity index is 1.32. The standard InChI is InChI=1S/C21H23ClN2O5/c1-2-24(12-15-3-4-17-18(11-15)29-13-28-17)21(25)23-6-5-14-9-16(22)20-19(10-14)26-7-8-27-20/h3-4,9-11H,2,5-8,12-13H2,1H3,(H,23,25). The van der Waals surface area contributed by atoms with Gasteiger partial charge in [0.1, 0.15) is 13.2 Å². The lowest BCUT2D eigenvalue weighted by molar-refractivity contribution is 0.171. The SMILES string of the molecule is CCN(Cc1ccc2c(c1)OCO2)C(=O)NCCc1cc(Cl)c2c(c1)OCCO2. The molecule has 0 fully saturated rings. The maximum Gasteiger partial charge on any atom is 0.317 e. The summed E-state index contributed by atoms with van der Waals surface area (Å²) < 4.78 is 21.9. The van der Waals surface area contributed by atoms with Crippen molar-refractivity contribution in [1.29, 1.82) is 0 Å². The van der Waals surface area contributed by atoms with Crippen molar-refractivity contribution in [3.63, 3.8) is 0 Å². The molecule has 0 unspecified atom stereocenters. The summed E-state index contributed by atoms with van der Waals surface area (Å²) in [6.07, 6.45) is 0.643. The molecule has 0 aromatic heterocycles. The summed E-state index contributed by atoms with van der Waals surface area (Å²) in [6, 6.07) is 9.38. The van der Waals surface area contributed by atoms with Crippen molar-refractivity contribution in [2.24, 2.45) is 0 Å². The summed E-state index contributed by atoms with van der Waals surface area (Å²) >= 11 is 6.27. The summed E-state index contributed by atoms with van der Waals surface area (Å²) in [4.78, 5) is 14.3. The van der Waals surface area contributed by atoms with Gasteiger partial charge in [0.15, 0.2) is 23.0 Å². The van der Waals surface area contributed by atoms with Crippen LogP contribution in [0.2, 0.25) is 5.02 Å². The van der Waals surface area contributed by atoms with Gasteiger partial charge in [-0.05, 0) is 48.7 Å². The number of hydrogen-bond donors (Lipinski definition) is 1. The van der Waals surface area contributed by atoms with Gasteiger partial charge in [-0.1, -0.05) is 17.7 Å². The van der Waals surface area contributed by atoms with Gasteiger partial charge in [-0.3, -0.25) is 0 Å². The number of hydrogen-bond acceptors (Lipinski definition) is 5. The Morgan fingerprint density at radius 3 is 2.69 bits per heavy atom. The topological polar surface area (TPSA) is 69.3 Å². The number of benzene rings is 2. The molecule has 8 heteroatoms. The van der Waals surface area contributed by atoms with Crippen molar-refractivity contribution < 1.29 is 23.7 Å². The molecule has 29 heavy (non-hydrogen) atoms. The van der Waals surface area contributed by atoms with Crippen LogP contribution in [0, 0.1) is 0 Å². The molecular formula is C21H23ClN2O5. The minimum absolute atomic E-state index is 0.117. The van der Waals surface area contributed by atoms with Gasteiger partial charge in [0.05, 0.1) is 5.02 Å². The fourth-order valence-electron chi connectivity index (χ4n) is 3.32. The normalized spacial score (nSPS) is 13.9. The van der Waals surface area contributed by atoms with Gasteiger partial charge < -0.3 is 29.2 Å². The van der Waals surface area contributed by atoms with E-state index >= 15 is 0 Å². The molecule has 0 spiro atoms. The van der Waals surface area contributed by atoms with Gasteiger partial charge in [-0.25, -0.2) is 4.79 Å². The Bertz CT molecular complexity index is 905. The Morgan fingerprint density at radius 1 is 1.03 bits per heavy atom. The molecule has 2 aliphatic rings. The predicted octanol–water partition coefficient (Wildman–Crippen LogP) is 3.61. The van der Waals surface area contributed by atoms with Crippen LogP contribution in [0.25, 0.3) is 0 Å². The van der Waals surface area contributed by atoms with Crippen molar-refractivity contribution >= 4 is 17.6 Å². The fraction of sp³-hybridized carbons (Fsp3) is 0.381. The number of urea groups is 1. The highest BCUT2D eigenvalue weighted by molar-refractivity contribution is 6.32. The maximum atomic E-state index is 12.6. The van der Waals surface area contributed by atoms with Crippen LogP contribution >= 0.6 is 11.6 Å². The second-order valence-electron chi connectivity index (χ2n) is 6.79. The van der Waals surface area contributed by atoms with E-state index in [2.05, 4.69) is 5.32 Å². The zero-order valence-corrected chi connectivity index (χ0v) is 17.0. The summed E-state index contributed by atoms with van der Waals surface area (Å²) in [5.41, 5.74) is 1.98. The Kier molecular flexibility index (Phi) is 5.85. The molecule has 0 radical (unpaired) electrons. The van der Waals surface area contributed by atoms with E-state index in [1.807, 2.05) is 37.3 Å². The van der Waals surface area contributed by atoms with Crippen LogP contribution in [-0.2, 0) is 13.0 Å². The quantitative estimate of drug-likeness (QED) is 0.776. The molecule has 154 valence electrons. The van der Waals surface area contributed by atoms with Crippen LogP contribution in [0.15, 0.2) is 30.3 Å². The zero-order valence-electron chi connectivity index (χ0n) is 16.2. The average molecular weight is 419 g/mol. The number of carbonyl (C=O) groups excluding carboxylic acids is 1. The smallest absolute Gasteiger partial charge is 0.317 e. The van der Waals surface area contributed by atoms with Crippen LogP contribution in [0.5, 0.6) is 23.0 Å². The van der Waals surface area contributed by atoms with Crippen LogP contribution in [0.4, 0.5) is 4.79 Å². The number of ether oxygens (including phenoxy) is 4. The molecule has 0 saturated carbocycles. The van der Waals surface area contributed by atoms with Crippen molar-refractivity contribution in [1.82, 2.24) is 10.2 Å². The third-order valence-electron chi connectivity index (χ3n) is 4.83. The van der Waals surface area contributed by atoms with E-state index < -0.39 is 0 Å². The van der Waals surface area contributed by atoms with Gasteiger partial charge >= 0.3 is 6.03 Å². The molecule has 0 saturated heterocycles. The summed E-state index contributed by atoms with van der Waals surface area (Å²) in [5, 5.41) is 3.50. The molecule has 0 bridgehead atoms. The predicted molar refractivity (Wildman–Crippen MR) is 108 cm³/mol. The first-order chi connectivity index (χ1) is 14.1. The molecule has 2 aromatic carbocycles. The highest BCUT2D eigenvalue weighted by atomic mass is 35.5. The number of carbonyl (C=O) groups is 1. The van der Waals surface area contributed by atoms with Gasteiger partial charge in [0.25, 0.3) is 0 Å². The third kappa shape index (κ3) is 4.45. The van der Waals surface area contributed by atoms with Gasteiger partial charge in [0.2, 0.25) is 6.79 Å². The Labute approximate surface area is 174 Å². The van der Waals surface area contributed by atoms with Crippen LogP contribution in [-0.4, -0.2) is 44.0 Å². The van der Waals surface area contributed by atoms with Gasteiger partial charge in [-0.15, -0.1) is 0 Å². The lowest BCUT2D eigenvalue weighted by Gasteiger charge is -2.22. The van der Waals surface area contributed by atoms with Crippen LogP contribution < -0.4 is 24.3 Å². The lowest BCUT2D eigenvalue weighted by atomic mass is 10.1. The van der Waals surface area contributed by atoms with E-state index in [9.17, 15) is 4.79 Å². The van der Waals surface area contributed by atoms with Gasteiger partial charge in [0, 0.05) is 19.6 Å². The second kappa shape index (κ2) is 8.69. The molecule has 2 amide bonds. The first-order valence-corrected chi connectivity index (χ1v) is 10.0. The van der Waals surface area contributed by atoms with Crippen molar-refractivity contribution in [3.05, 3.63) is 46.5 Å². The minimum atomic E-state index is -0.117. The van der Waals surface area contributed by atoms with Gasteiger partial charge in [-0.2, -0.15) is 0 Å². The van der Waals surface area contributed by atoms with E-state index in [0.717, 1.165) is 22.6 Å². The zero-order chi connectivity index (χ0) is 20.2. The summed E-state index contributed by atoms with van der Waals surface area (Å²) in [5.74, 6) is 2.70. The van der Waals surface area contributed by atoms with E-state index in [0.29, 0.717) is 55.8 Å². The van der Waals surface area contributed by atoms with E-state index in [1.165, 1.54) is 0 Å². The molecule has 7 nitrogen and oxygen atoms in total. The van der Waals surface area contributed by atoms with Crippen LogP contribution in [0.1, 0.15) is 18.1 Å². The first-order valence-electron chi connectivity index (χ1n) is 9.63. The number of nitrogens with one attached hydrogen (secondary N) is 1. The van der Waals surface area contributed by atoms with Crippen molar-refractivity contribution in [3.8, 4) is 23.0 Å². The Morgan fingerprint density at radius 2 is 1.83 bits per heavy atom. The molecule has 2 aromatic rings. The molecule has 0 atom stereocenters. The van der Waals surface area contributed by atoms with Crippen LogP contribution in [0.3, 0.4) is 0 Å². The number of halogens is 1. The summed E-state index contributed by atoms with van der Waals surface area (Å²) in [7, 11) is 0. The largest absolute Gasteiger partial charge is 0.486 e. The fourth-order valence-corrected chi connectivity index (χ4v) is 3.61. The lowest BCUT2D eigenvalue weighted by Crippen LogP contribution is -2.40. The highest BCUT2D eigenvalue weighted by Crippen LogP contribution is 2.38. The number of nitrogens with zero attached hydrogens (tertiary/aromatic N) is 1. The number of fused-ring (bicyclic) bond motifs is 2. The maximum absolute atomic E-state index is 12.6. The molecule has 4 rings (SSSR count). The molecule has 2 aliphatic heterocycles. The summed E-state index contributed by atoms with van der Waals surface area (Å²) in [6.45, 7) is 4.78. The highest BCUT2D eigenvalue weighted by Gasteiger charge is 2.18. The Hall–Kier alpha value is -2.80. The average Bonchev–Trinajstić information content (AvgIpc) is 3.20. The monoisotopic (exact) mass is 418 g/mol. The molecule has 1 N–H and O–H groups in total. The number of amides is 2. The third-order valence-corrected chi connectivity index (χ3v) is 5.11. The van der Waals surface area contributed by atoms with Crippen molar-refractivity contribution in [2.45, 2.75) is 19.9 Å². The molecule has 0 aliphatic carbocycles. The van der Waals surface area contributed by atoms with E-state index in [1.54, 1.807) is 4.90 Å². The minimum Gasteiger partial charge on any atom is -0.486 e.